The van der Waals surface area contributed by atoms with Crippen LogP contribution in [0.5, 0.6) is 0 Å². The molecule has 1 amide bonds. The highest BCUT2D eigenvalue weighted by atomic mass is 16.2. The molecule has 2 aromatic carbocycles. The second-order valence-electron chi connectivity index (χ2n) is 8.65. The van der Waals surface area contributed by atoms with E-state index in [9.17, 15) is 9.59 Å². The van der Waals surface area contributed by atoms with Crippen LogP contribution >= 0.6 is 0 Å². The fourth-order valence-corrected chi connectivity index (χ4v) is 4.80. The first-order valence-corrected chi connectivity index (χ1v) is 10.7. The van der Waals surface area contributed by atoms with Gasteiger partial charge in [0.1, 0.15) is 18.1 Å². The number of rotatable bonds is 3. The number of amides is 1. The van der Waals surface area contributed by atoms with Gasteiger partial charge < -0.3 is 5.32 Å². The quantitative estimate of drug-likeness (QED) is 0.554. The number of aromatic nitrogens is 4. The van der Waals surface area contributed by atoms with Gasteiger partial charge in [-0.25, -0.2) is 9.48 Å². The van der Waals surface area contributed by atoms with E-state index in [0.717, 1.165) is 51.8 Å². The first-order valence-electron chi connectivity index (χ1n) is 10.7. The normalized spacial score (nSPS) is 15.9. The highest BCUT2D eigenvalue weighted by Crippen LogP contribution is 2.41. The Morgan fingerprint density at radius 1 is 1.03 bits per heavy atom. The second kappa shape index (κ2) is 6.44. The molecule has 7 heteroatoms. The molecule has 0 unspecified atom stereocenters. The summed E-state index contributed by atoms with van der Waals surface area (Å²) in [5.41, 5.74) is 6.71. The minimum absolute atomic E-state index is 0.0318. The molecule has 1 saturated carbocycles. The van der Waals surface area contributed by atoms with Gasteiger partial charge in [0.15, 0.2) is 0 Å². The van der Waals surface area contributed by atoms with E-state index in [1.807, 2.05) is 41.9 Å². The Labute approximate surface area is 178 Å². The number of anilines is 1. The van der Waals surface area contributed by atoms with Gasteiger partial charge in [-0.2, -0.15) is 5.10 Å². The van der Waals surface area contributed by atoms with Crippen LogP contribution in [-0.4, -0.2) is 24.8 Å². The lowest BCUT2D eigenvalue weighted by atomic mass is 9.92. The highest BCUT2D eigenvalue weighted by Gasteiger charge is 2.29. The van der Waals surface area contributed by atoms with Crippen molar-refractivity contribution in [3.05, 3.63) is 58.5 Å². The Morgan fingerprint density at radius 3 is 2.61 bits per heavy atom. The number of hydrogen-bond acceptors (Lipinski definition) is 3. The maximum atomic E-state index is 12.9. The molecule has 2 aromatic heterocycles. The summed E-state index contributed by atoms with van der Waals surface area (Å²) in [7, 11) is 1.83. The van der Waals surface area contributed by atoms with Crippen LogP contribution < -0.4 is 11.0 Å². The molecule has 156 valence electrons. The SMILES string of the molecule is Cc1cccc(-c2nn3c(c2-c2ccc4c(c2)n(C)c(=O)n4C2CCC2)NC(=O)C3)c1. The molecule has 1 aliphatic carbocycles. The zero-order valence-electron chi connectivity index (χ0n) is 17.6. The summed E-state index contributed by atoms with van der Waals surface area (Å²) in [6.07, 6.45) is 3.29. The lowest BCUT2D eigenvalue weighted by Crippen LogP contribution is -2.29. The zero-order chi connectivity index (χ0) is 21.3. The molecule has 1 N–H and O–H groups in total. The largest absolute Gasteiger partial charge is 0.329 e. The summed E-state index contributed by atoms with van der Waals surface area (Å²) < 4.78 is 5.40. The number of imidazole rings is 1. The second-order valence-corrected chi connectivity index (χ2v) is 8.65. The van der Waals surface area contributed by atoms with Crippen LogP contribution in [0.4, 0.5) is 5.82 Å². The molecule has 4 aromatic rings. The van der Waals surface area contributed by atoms with Crippen LogP contribution in [0.15, 0.2) is 47.3 Å². The number of aryl methyl sites for hydroxylation is 2. The van der Waals surface area contributed by atoms with Crippen molar-refractivity contribution in [2.24, 2.45) is 7.05 Å². The number of carbonyl (C=O) groups excluding carboxylic acids is 1. The van der Waals surface area contributed by atoms with Crippen LogP contribution in [-0.2, 0) is 18.4 Å². The highest BCUT2D eigenvalue weighted by molar-refractivity contribution is 6.02. The fraction of sp³-hybridized carbons (Fsp3) is 0.292. The van der Waals surface area contributed by atoms with Crippen molar-refractivity contribution >= 4 is 22.8 Å². The Bertz CT molecular complexity index is 1430. The summed E-state index contributed by atoms with van der Waals surface area (Å²) in [6, 6.07) is 14.6. The molecular formula is C24H23N5O2. The van der Waals surface area contributed by atoms with Crippen molar-refractivity contribution in [3.63, 3.8) is 0 Å². The smallest absolute Gasteiger partial charge is 0.309 e. The first kappa shape index (κ1) is 18.2. The molecule has 31 heavy (non-hydrogen) atoms. The topological polar surface area (TPSA) is 73.8 Å². The molecule has 1 aliphatic heterocycles. The minimum atomic E-state index is -0.0656. The summed E-state index contributed by atoms with van der Waals surface area (Å²) in [5, 5.41) is 7.74. The van der Waals surface area contributed by atoms with Gasteiger partial charge in [-0.15, -0.1) is 0 Å². The first-order chi connectivity index (χ1) is 15.0. The summed E-state index contributed by atoms with van der Waals surface area (Å²) in [6.45, 7) is 2.27. The maximum absolute atomic E-state index is 12.9. The molecule has 1 fully saturated rings. The van der Waals surface area contributed by atoms with E-state index in [1.54, 1.807) is 9.25 Å². The van der Waals surface area contributed by atoms with Crippen LogP contribution in [0, 0.1) is 6.92 Å². The average molecular weight is 413 g/mol. The van der Waals surface area contributed by atoms with E-state index >= 15 is 0 Å². The predicted octanol–water partition coefficient (Wildman–Crippen LogP) is 3.86. The van der Waals surface area contributed by atoms with Gasteiger partial charge in [0, 0.05) is 18.7 Å². The summed E-state index contributed by atoms with van der Waals surface area (Å²) in [4.78, 5) is 25.0. The monoisotopic (exact) mass is 413 g/mol. The molecule has 0 spiro atoms. The number of fused-ring (bicyclic) bond motifs is 2. The standard InChI is InChI=1S/C24H23N5O2/c1-14-5-3-6-16(11-14)22-21(23-25-20(30)13-28(23)26-22)15-9-10-18-19(12-15)27(2)24(31)29(18)17-7-4-8-17/h3,5-6,9-12,17H,4,7-8,13H2,1-2H3,(H,25,30). The van der Waals surface area contributed by atoms with Crippen molar-refractivity contribution in [1.29, 1.82) is 0 Å². The molecule has 0 saturated heterocycles. The van der Waals surface area contributed by atoms with Crippen molar-refractivity contribution in [3.8, 4) is 22.4 Å². The zero-order valence-corrected chi connectivity index (χ0v) is 17.6. The van der Waals surface area contributed by atoms with Crippen molar-refractivity contribution in [1.82, 2.24) is 18.9 Å². The van der Waals surface area contributed by atoms with Gasteiger partial charge in [-0.3, -0.25) is 13.9 Å². The molecular weight excluding hydrogens is 390 g/mol. The average Bonchev–Trinajstić information content (AvgIpc) is 3.31. The molecule has 0 atom stereocenters. The van der Waals surface area contributed by atoms with Crippen LogP contribution in [0.25, 0.3) is 33.4 Å². The Hall–Kier alpha value is -3.61. The summed E-state index contributed by atoms with van der Waals surface area (Å²) >= 11 is 0. The van der Waals surface area contributed by atoms with Crippen molar-refractivity contribution < 1.29 is 4.79 Å². The Kier molecular flexibility index (Phi) is 3.78. The van der Waals surface area contributed by atoms with E-state index in [2.05, 4.69) is 24.4 Å². The number of nitrogens with zero attached hydrogens (tertiary/aromatic N) is 4. The number of carbonyl (C=O) groups is 1. The van der Waals surface area contributed by atoms with Gasteiger partial charge in [-0.1, -0.05) is 29.8 Å². The van der Waals surface area contributed by atoms with E-state index < -0.39 is 0 Å². The Morgan fingerprint density at radius 2 is 1.87 bits per heavy atom. The summed E-state index contributed by atoms with van der Waals surface area (Å²) in [5.74, 6) is 0.647. The third kappa shape index (κ3) is 2.62. The van der Waals surface area contributed by atoms with Gasteiger partial charge in [-0.05, 0) is 49.9 Å². The van der Waals surface area contributed by atoms with E-state index in [0.29, 0.717) is 11.9 Å². The van der Waals surface area contributed by atoms with Crippen LogP contribution in [0.2, 0.25) is 0 Å². The fourth-order valence-electron chi connectivity index (χ4n) is 4.80. The number of hydrogen-bond donors (Lipinski definition) is 1. The molecule has 7 nitrogen and oxygen atoms in total. The lowest BCUT2D eigenvalue weighted by Gasteiger charge is -2.26. The van der Waals surface area contributed by atoms with Gasteiger partial charge >= 0.3 is 5.69 Å². The minimum Gasteiger partial charge on any atom is -0.309 e. The third-order valence-electron chi connectivity index (χ3n) is 6.61. The van der Waals surface area contributed by atoms with E-state index in [1.165, 1.54) is 6.42 Å². The van der Waals surface area contributed by atoms with Crippen LogP contribution in [0.3, 0.4) is 0 Å². The molecule has 6 rings (SSSR count). The van der Waals surface area contributed by atoms with Gasteiger partial charge in [0.25, 0.3) is 0 Å². The molecule has 0 bridgehead atoms. The van der Waals surface area contributed by atoms with Gasteiger partial charge in [0.2, 0.25) is 5.91 Å². The predicted molar refractivity (Wildman–Crippen MR) is 120 cm³/mol. The molecule has 0 radical (unpaired) electrons. The van der Waals surface area contributed by atoms with E-state index in [4.69, 9.17) is 5.10 Å². The third-order valence-corrected chi connectivity index (χ3v) is 6.61. The van der Waals surface area contributed by atoms with Crippen molar-refractivity contribution in [2.75, 3.05) is 5.32 Å². The Balaban J connectivity index is 1.58. The van der Waals surface area contributed by atoms with E-state index in [-0.39, 0.29) is 18.1 Å². The number of nitrogens with one attached hydrogen (secondary N) is 1. The molecule has 2 aliphatic rings. The molecule has 3 heterocycles. The maximum Gasteiger partial charge on any atom is 0.329 e. The van der Waals surface area contributed by atoms with Gasteiger partial charge in [0.05, 0.1) is 16.6 Å². The van der Waals surface area contributed by atoms with Crippen LogP contribution in [0.1, 0.15) is 30.9 Å². The lowest BCUT2D eigenvalue weighted by molar-refractivity contribution is -0.115. The number of benzene rings is 2. The van der Waals surface area contributed by atoms with Crippen molar-refractivity contribution in [2.45, 2.75) is 38.8 Å².